The van der Waals surface area contributed by atoms with E-state index in [2.05, 4.69) is 10.1 Å². The molecule has 0 bridgehead atoms. The van der Waals surface area contributed by atoms with Crippen LogP contribution in [0.1, 0.15) is 52.0 Å². The molecule has 0 fully saturated rings. The summed E-state index contributed by atoms with van der Waals surface area (Å²) < 4.78 is 23.5. The highest BCUT2D eigenvalue weighted by atomic mass is 31.2. The molecule has 0 aliphatic carbocycles. The van der Waals surface area contributed by atoms with Crippen LogP contribution in [0.2, 0.25) is 0 Å². The first-order valence-electron chi connectivity index (χ1n) is 10.8. The monoisotopic (exact) mass is 439 g/mol. The van der Waals surface area contributed by atoms with Crippen LogP contribution >= 0.6 is 7.14 Å². The summed E-state index contributed by atoms with van der Waals surface area (Å²) in [4.78, 5) is 23.6. The van der Waals surface area contributed by atoms with Crippen molar-refractivity contribution >= 4 is 19.0 Å². The zero-order valence-corrected chi connectivity index (χ0v) is 19.8. The second-order valence-electron chi connectivity index (χ2n) is 8.28. The molecule has 0 heterocycles. The minimum Gasteiger partial charge on any atom is -0.469 e. The Morgan fingerprint density at radius 1 is 1.10 bits per heavy atom. The van der Waals surface area contributed by atoms with Gasteiger partial charge in [0.15, 0.2) is 0 Å². The molecule has 0 aliphatic heterocycles. The number of carbonyl (C=O) groups excluding carboxylic acids is 2. The third kappa shape index (κ3) is 10.4. The fourth-order valence-electron chi connectivity index (χ4n) is 3.01. The second kappa shape index (κ2) is 13.6. The number of hydrogen-bond acceptors (Lipinski definition) is 5. The van der Waals surface area contributed by atoms with E-state index in [1.165, 1.54) is 7.11 Å². The van der Waals surface area contributed by atoms with Crippen LogP contribution in [-0.4, -0.2) is 50.6 Å². The number of hydrogen-bond donors (Lipinski definition) is 1. The molecule has 0 unspecified atom stereocenters. The first-order valence-corrected chi connectivity index (χ1v) is 13.0. The van der Waals surface area contributed by atoms with Crippen LogP contribution in [0, 0.1) is 5.41 Å². The SMILES string of the molecule is CC[P@](=O)(CCCCOCc1ccccc1)CCC(C)(C)C(=O)NCCC(=O)OC. The molecule has 0 aromatic heterocycles. The van der Waals surface area contributed by atoms with Crippen LogP contribution in [0.4, 0.5) is 0 Å². The number of benzene rings is 1. The number of methoxy groups -OCH3 is 1. The average molecular weight is 440 g/mol. The lowest BCUT2D eigenvalue weighted by molar-refractivity contribution is -0.140. The number of unbranched alkanes of at least 4 members (excludes halogenated alkanes) is 1. The molecule has 0 saturated heterocycles. The van der Waals surface area contributed by atoms with Gasteiger partial charge in [0.2, 0.25) is 5.91 Å². The number of carbonyl (C=O) groups is 2. The second-order valence-corrected chi connectivity index (χ2v) is 11.9. The molecular weight excluding hydrogens is 401 g/mol. The zero-order chi connectivity index (χ0) is 22.5. The molecule has 30 heavy (non-hydrogen) atoms. The van der Waals surface area contributed by atoms with Crippen molar-refractivity contribution in [2.75, 3.05) is 38.7 Å². The van der Waals surface area contributed by atoms with E-state index in [1.54, 1.807) is 0 Å². The van der Waals surface area contributed by atoms with Gasteiger partial charge in [0, 0.05) is 30.9 Å². The van der Waals surface area contributed by atoms with Crippen molar-refractivity contribution in [1.29, 1.82) is 0 Å². The van der Waals surface area contributed by atoms with Crippen LogP contribution in [0.25, 0.3) is 0 Å². The van der Waals surface area contributed by atoms with Crippen LogP contribution < -0.4 is 5.32 Å². The van der Waals surface area contributed by atoms with Crippen molar-refractivity contribution in [2.24, 2.45) is 5.41 Å². The van der Waals surface area contributed by atoms with E-state index >= 15 is 0 Å². The van der Waals surface area contributed by atoms with Crippen LogP contribution in [-0.2, 0) is 30.2 Å². The summed E-state index contributed by atoms with van der Waals surface area (Å²) in [6.07, 6.45) is 4.37. The van der Waals surface area contributed by atoms with Crippen molar-refractivity contribution in [1.82, 2.24) is 5.32 Å². The van der Waals surface area contributed by atoms with Crippen molar-refractivity contribution < 1.29 is 23.6 Å². The van der Waals surface area contributed by atoms with E-state index < -0.39 is 12.6 Å². The van der Waals surface area contributed by atoms with Crippen molar-refractivity contribution in [3.8, 4) is 0 Å². The Morgan fingerprint density at radius 2 is 1.80 bits per heavy atom. The number of nitrogens with one attached hydrogen (secondary N) is 1. The molecule has 0 radical (unpaired) electrons. The molecule has 0 aliphatic rings. The van der Waals surface area contributed by atoms with Gasteiger partial charge in [-0.1, -0.05) is 51.1 Å². The molecule has 7 heteroatoms. The third-order valence-electron chi connectivity index (χ3n) is 5.39. The topological polar surface area (TPSA) is 81.7 Å². The summed E-state index contributed by atoms with van der Waals surface area (Å²) in [5, 5.41) is 2.78. The number of rotatable bonds is 15. The van der Waals surface area contributed by atoms with Crippen molar-refractivity contribution in [2.45, 2.75) is 53.1 Å². The largest absolute Gasteiger partial charge is 0.469 e. The Bertz CT molecular complexity index is 690. The summed E-state index contributed by atoms with van der Waals surface area (Å²) in [5.41, 5.74) is 0.531. The summed E-state index contributed by atoms with van der Waals surface area (Å²) in [7, 11) is -0.974. The summed E-state index contributed by atoms with van der Waals surface area (Å²) >= 11 is 0. The highest BCUT2D eigenvalue weighted by Crippen LogP contribution is 2.48. The fraction of sp³-hybridized carbons (Fsp3) is 0.652. The lowest BCUT2D eigenvalue weighted by atomic mass is 9.89. The first kappa shape index (κ1) is 26.4. The van der Waals surface area contributed by atoms with Gasteiger partial charge in [-0.2, -0.15) is 0 Å². The molecule has 1 aromatic rings. The molecule has 0 saturated carbocycles. The van der Waals surface area contributed by atoms with Gasteiger partial charge < -0.3 is 19.4 Å². The van der Waals surface area contributed by atoms with Gasteiger partial charge in [0.1, 0.15) is 0 Å². The van der Waals surface area contributed by atoms with E-state index in [0.717, 1.165) is 18.4 Å². The Hall–Kier alpha value is -1.65. The maximum absolute atomic E-state index is 13.2. The number of amides is 1. The molecule has 1 amide bonds. The predicted molar refractivity (Wildman–Crippen MR) is 121 cm³/mol. The lowest BCUT2D eigenvalue weighted by Gasteiger charge is -2.26. The Morgan fingerprint density at radius 3 is 2.43 bits per heavy atom. The summed E-state index contributed by atoms with van der Waals surface area (Å²) in [6.45, 7) is 7.20. The Labute approximate surface area is 181 Å². The van der Waals surface area contributed by atoms with Gasteiger partial charge in [-0.05, 0) is 31.0 Å². The predicted octanol–water partition coefficient (Wildman–Crippen LogP) is 4.46. The number of esters is 1. The van der Waals surface area contributed by atoms with Crippen LogP contribution in [0.5, 0.6) is 0 Å². The normalized spacial score (nSPS) is 13.5. The highest BCUT2D eigenvalue weighted by molar-refractivity contribution is 7.63. The molecule has 1 aromatic carbocycles. The van der Waals surface area contributed by atoms with E-state index in [-0.39, 0.29) is 24.8 Å². The Balaban J connectivity index is 2.31. The van der Waals surface area contributed by atoms with E-state index in [4.69, 9.17) is 4.74 Å². The smallest absolute Gasteiger partial charge is 0.307 e. The van der Waals surface area contributed by atoms with E-state index in [1.807, 2.05) is 51.1 Å². The number of ether oxygens (including phenoxy) is 2. The minimum atomic E-state index is -2.30. The molecule has 0 spiro atoms. The summed E-state index contributed by atoms with van der Waals surface area (Å²) in [5.74, 6) is -0.472. The Kier molecular flexibility index (Phi) is 12.0. The third-order valence-corrected chi connectivity index (χ3v) is 8.72. The van der Waals surface area contributed by atoms with Crippen LogP contribution in [0.15, 0.2) is 30.3 Å². The van der Waals surface area contributed by atoms with Gasteiger partial charge in [-0.3, -0.25) is 9.59 Å². The van der Waals surface area contributed by atoms with E-state index in [0.29, 0.717) is 38.1 Å². The maximum atomic E-state index is 13.2. The molecular formula is C23H38NO5P. The molecule has 170 valence electrons. The maximum Gasteiger partial charge on any atom is 0.307 e. The first-order chi connectivity index (χ1) is 14.2. The standard InChI is InChI=1S/C23H38NO5P/c1-5-30(27,17-10-9-16-29-19-20-11-7-6-8-12-20)18-14-23(2,3)22(26)24-15-13-21(25)28-4/h6-8,11-12H,5,9-10,13-19H2,1-4H3,(H,24,26)/t30-/m0/s1. The zero-order valence-electron chi connectivity index (χ0n) is 18.9. The van der Waals surface area contributed by atoms with Crippen LogP contribution in [0.3, 0.4) is 0 Å². The minimum absolute atomic E-state index is 0.122. The van der Waals surface area contributed by atoms with Crippen molar-refractivity contribution in [3.63, 3.8) is 0 Å². The molecule has 1 rings (SSSR count). The quantitative estimate of drug-likeness (QED) is 0.248. The van der Waals surface area contributed by atoms with Gasteiger partial charge in [0.25, 0.3) is 0 Å². The van der Waals surface area contributed by atoms with Gasteiger partial charge in [0.05, 0.1) is 27.3 Å². The average Bonchev–Trinajstić information content (AvgIpc) is 2.75. The fourth-order valence-corrected chi connectivity index (χ4v) is 5.64. The summed E-state index contributed by atoms with van der Waals surface area (Å²) in [6, 6.07) is 10.1. The molecule has 1 atom stereocenters. The van der Waals surface area contributed by atoms with Gasteiger partial charge >= 0.3 is 5.97 Å². The van der Waals surface area contributed by atoms with E-state index in [9.17, 15) is 14.2 Å². The van der Waals surface area contributed by atoms with Gasteiger partial charge in [-0.25, -0.2) is 0 Å². The molecule has 1 N–H and O–H groups in total. The van der Waals surface area contributed by atoms with Crippen molar-refractivity contribution in [3.05, 3.63) is 35.9 Å². The molecule has 6 nitrogen and oxygen atoms in total. The lowest BCUT2D eigenvalue weighted by Crippen LogP contribution is -2.38. The highest BCUT2D eigenvalue weighted by Gasteiger charge is 2.31. The van der Waals surface area contributed by atoms with Gasteiger partial charge in [-0.15, -0.1) is 0 Å².